The number of amides is 3. The smallest absolute Gasteiger partial charge is 0.408 e. The van der Waals surface area contributed by atoms with Crippen LogP contribution in [-0.4, -0.2) is 60.6 Å². The molecule has 0 aromatic heterocycles. The van der Waals surface area contributed by atoms with Crippen LogP contribution in [0, 0.1) is 19.8 Å². The SMILES string of the molecule is CCCCN(C(=O)C(NC(=O)OC(C)(C)C)C(C)CC)C(C(=O)NCC(=O)OC)c1ccc(C)c(C)c1. The van der Waals surface area contributed by atoms with Crippen LogP contribution in [0.15, 0.2) is 18.2 Å². The highest BCUT2D eigenvalue weighted by atomic mass is 16.6. The van der Waals surface area contributed by atoms with Gasteiger partial charge in [0.05, 0.1) is 7.11 Å². The fourth-order valence-electron chi connectivity index (χ4n) is 3.73. The molecule has 0 spiro atoms. The Morgan fingerprint density at radius 2 is 1.70 bits per heavy atom. The molecule has 0 aliphatic carbocycles. The fourth-order valence-corrected chi connectivity index (χ4v) is 3.73. The lowest BCUT2D eigenvalue weighted by Gasteiger charge is -2.36. The lowest BCUT2D eigenvalue weighted by molar-refractivity contribution is -0.145. The number of alkyl carbamates (subject to hydrolysis) is 1. The molecule has 0 radical (unpaired) electrons. The molecule has 3 unspecified atom stereocenters. The van der Waals surface area contributed by atoms with Gasteiger partial charge < -0.3 is 25.0 Å². The lowest BCUT2D eigenvalue weighted by atomic mass is 9.94. The number of aryl methyl sites for hydroxylation is 2. The van der Waals surface area contributed by atoms with Crippen molar-refractivity contribution in [2.45, 2.75) is 92.3 Å². The van der Waals surface area contributed by atoms with E-state index in [1.54, 1.807) is 20.8 Å². The standard InChI is InChI=1S/C28H45N3O6/c1-10-12-15-31(26(34)23(18(3)11-2)30-27(35)37-28(6,7)8)24(25(33)29-17-22(32)36-9)21-14-13-19(4)20(5)16-21/h13-14,16,18,23-24H,10-12,15,17H2,1-9H3,(H,29,33)(H,30,35). The third kappa shape index (κ3) is 10.1. The number of methoxy groups -OCH3 is 1. The summed E-state index contributed by atoms with van der Waals surface area (Å²) in [4.78, 5) is 53.5. The summed E-state index contributed by atoms with van der Waals surface area (Å²) in [5, 5.41) is 5.36. The predicted molar refractivity (Wildman–Crippen MR) is 143 cm³/mol. The summed E-state index contributed by atoms with van der Waals surface area (Å²) in [6.45, 7) is 14.9. The molecular formula is C28H45N3O6. The van der Waals surface area contributed by atoms with Gasteiger partial charge in [-0.25, -0.2) is 4.79 Å². The van der Waals surface area contributed by atoms with Crippen LogP contribution in [-0.2, 0) is 23.9 Å². The molecule has 3 atom stereocenters. The molecule has 208 valence electrons. The van der Waals surface area contributed by atoms with E-state index in [1.165, 1.54) is 12.0 Å². The first-order valence-electron chi connectivity index (χ1n) is 13.0. The molecule has 0 saturated carbocycles. The first-order valence-corrected chi connectivity index (χ1v) is 13.0. The summed E-state index contributed by atoms with van der Waals surface area (Å²) in [6.07, 6.45) is 1.37. The lowest BCUT2D eigenvalue weighted by Crippen LogP contribution is -2.55. The van der Waals surface area contributed by atoms with E-state index in [2.05, 4.69) is 15.4 Å². The largest absolute Gasteiger partial charge is 0.468 e. The molecule has 3 amide bonds. The van der Waals surface area contributed by atoms with Gasteiger partial charge in [-0.2, -0.15) is 0 Å². The number of benzene rings is 1. The van der Waals surface area contributed by atoms with E-state index in [1.807, 2.05) is 52.8 Å². The second-order valence-electron chi connectivity index (χ2n) is 10.4. The number of hydrogen-bond acceptors (Lipinski definition) is 6. The minimum absolute atomic E-state index is 0.220. The number of ether oxygens (including phenoxy) is 2. The van der Waals surface area contributed by atoms with E-state index in [-0.39, 0.29) is 18.4 Å². The second-order valence-corrected chi connectivity index (χ2v) is 10.4. The van der Waals surface area contributed by atoms with Crippen molar-refractivity contribution < 1.29 is 28.7 Å². The van der Waals surface area contributed by atoms with Crippen LogP contribution in [0.3, 0.4) is 0 Å². The molecule has 0 fully saturated rings. The van der Waals surface area contributed by atoms with Crippen LogP contribution in [0.4, 0.5) is 4.79 Å². The Morgan fingerprint density at radius 3 is 2.22 bits per heavy atom. The predicted octanol–water partition coefficient (Wildman–Crippen LogP) is 4.20. The van der Waals surface area contributed by atoms with Crippen molar-refractivity contribution in [1.82, 2.24) is 15.5 Å². The topological polar surface area (TPSA) is 114 Å². The van der Waals surface area contributed by atoms with E-state index in [0.29, 0.717) is 24.9 Å². The quantitative estimate of drug-likeness (QED) is 0.400. The summed E-state index contributed by atoms with van der Waals surface area (Å²) in [7, 11) is 1.24. The van der Waals surface area contributed by atoms with Gasteiger partial charge in [-0.1, -0.05) is 51.8 Å². The van der Waals surface area contributed by atoms with Crippen molar-refractivity contribution in [3.8, 4) is 0 Å². The summed E-state index contributed by atoms with van der Waals surface area (Å²) in [5.74, 6) is -1.70. The minimum atomic E-state index is -1.00. The molecule has 37 heavy (non-hydrogen) atoms. The molecule has 0 bridgehead atoms. The normalized spacial score (nSPS) is 13.6. The van der Waals surface area contributed by atoms with E-state index in [4.69, 9.17) is 4.74 Å². The number of nitrogens with zero attached hydrogens (tertiary/aromatic N) is 1. The first-order chi connectivity index (χ1) is 17.2. The van der Waals surface area contributed by atoms with Gasteiger partial charge in [0, 0.05) is 6.54 Å². The van der Waals surface area contributed by atoms with Gasteiger partial charge in [-0.05, 0) is 63.6 Å². The van der Waals surface area contributed by atoms with Crippen LogP contribution in [0.1, 0.15) is 83.5 Å². The molecule has 0 aliphatic rings. The Kier molecular flexibility index (Phi) is 12.6. The van der Waals surface area contributed by atoms with E-state index >= 15 is 0 Å². The van der Waals surface area contributed by atoms with Crippen molar-refractivity contribution in [3.63, 3.8) is 0 Å². The number of esters is 1. The molecule has 0 aliphatic heterocycles. The minimum Gasteiger partial charge on any atom is -0.468 e. The summed E-state index contributed by atoms with van der Waals surface area (Å²) < 4.78 is 10.1. The van der Waals surface area contributed by atoms with Crippen molar-refractivity contribution in [1.29, 1.82) is 0 Å². The van der Waals surface area contributed by atoms with Gasteiger partial charge in [0.1, 0.15) is 24.2 Å². The Bertz CT molecular complexity index is 940. The monoisotopic (exact) mass is 519 g/mol. The maximum Gasteiger partial charge on any atom is 0.408 e. The highest BCUT2D eigenvalue weighted by molar-refractivity contribution is 5.93. The zero-order valence-electron chi connectivity index (χ0n) is 23.9. The average Bonchev–Trinajstić information content (AvgIpc) is 2.83. The molecule has 0 heterocycles. The van der Waals surface area contributed by atoms with Crippen LogP contribution in [0.5, 0.6) is 0 Å². The highest BCUT2D eigenvalue weighted by Gasteiger charge is 2.38. The van der Waals surface area contributed by atoms with Crippen molar-refractivity contribution in [2.75, 3.05) is 20.2 Å². The molecule has 2 N–H and O–H groups in total. The summed E-state index contributed by atoms with van der Waals surface area (Å²) in [5.41, 5.74) is 1.91. The second kappa shape index (κ2) is 14.6. The zero-order valence-corrected chi connectivity index (χ0v) is 23.9. The molecule has 9 nitrogen and oxygen atoms in total. The van der Waals surface area contributed by atoms with Crippen LogP contribution in [0.25, 0.3) is 0 Å². The van der Waals surface area contributed by atoms with Crippen LogP contribution >= 0.6 is 0 Å². The van der Waals surface area contributed by atoms with Gasteiger partial charge in [-0.15, -0.1) is 0 Å². The summed E-state index contributed by atoms with van der Waals surface area (Å²) in [6, 6.07) is 3.69. The summed E-state index contributed by atoms with van der Waals surface area (Å²) >= 11 is 0. The van der Waals surface area contributed by atoms with E-state index in [0.717, 1.165) is 17.5 Å². The van der Waals surface area contributed by atoms with Gasteiger partial charge in [-0.3, -0.25) is 14.4 Å². The molecule has 1 aromatic carbocycles. The van der Waals surface area contributed by atoms with Crippen molar-refractivity contribution in [2.24, 2.45) is 5.92 Å². The zero-order chi connectivity index (χ0) is 28.3. The number of carbonyl (C=O) groups excluding carboxylic acids is 4. The van der Waals surface area contributed by atoms with Crippen LogP contribution in [0.2, 0.25) is 0 Å². The van der Waals surface area contributed by atoms with Crippen LogP contribution < -0.4 is 10.6 Å². The number of unbranched alkanes of at least 4 members (excludes halogenated alkanes) is 1. The van der Waals surface area contributed by atoms with Gasteiger partial charge in [0.15, 0.2) is 0 Å². The van der Waals surface area contributed by atoms with E-state index < -0.39 is 35.7 Å². The Balaban J connectivity index is 3.54. The molecule has 1 aromatic rings. The molecule has 0 saturated heterocycles. The van der Waals surface area contributed by atoms with Crippen molar-refractivity contribution >= 4 is 23.9 Å². The first kappa shape index (κ1) is 31.9. The number of hydrogen-bond donors (Lipinski definition) is 2. The fraction of sp³-hybridized carbons (Fsp3) is 0.643. The Hall–Kier alpha value is -3.10. The van der Waals surface area contributed by atoms with Gasteiger partial charge in [0.25, 0.3) is 0 Å². The number of nitrogens with one attached hydrogen (secondary N) is 2. The van der Waals surface area contributed by atoms with Gasteiger partial charge >= 0.3 is 12.1 Å². The Morgan fingerprint density at radius 1 is 1.05 bits per heavy atom. The highest BCUT2D eigenvalue weighted by Crippen LogP contribution is 2.27. The Labute approximate surface area is 221 Å². The molecule has 9 heteroatoms. The third-order valence-electron chi connectivity index (χ3n) is 6.23. The maximum absolute atomic E-state index is 14.1. The molecular weight excluding hydrogens is 474 g/mol. The average molecular weight is 520 g/mol. The van der Waals surface area contributed by atoms with E-state index in [9.17, 15) is 19.2 Å². The van der Waals surface area contributed by atoms with Gasteiger partial charge in [0.2, 0.25) is 11.8 Å². The maximum atomic E-state index is 14.1. The number of rotatable bonds is 12. The van der Waals surface area contributed by atoms with Crippen molar-refractivity contribution in [3.05, 3.63) is 34.9 Å². The third-order valence-corrected chi connectivity index (χ3v) is 6.23. The number of carbonyl (C=O) groups is 4. The molecule has 1 rings (SSSR count).